The highest BCUT2D eigenvalue weighted by molar-refractivity contribution is 14.1. The molecule has 0 aliphatic carbocycles. The van der Waals surface area contributed by atoms with Crippen molar-refractivity contribution in [2.75, 3.05) is 5.32 Å². The molecular weight excluding hydrogens is 347 g/mol. The van der Waals surface area contributed by atoms with Crippen molar-refractivity contribution in [3.05, 3.63) is 43.8 Å². The third-order valence-electron chi connectivity index (χ3n) is 2.44. The summed E-state index contributed by atoms with van der Waals surface area (Å²) in [6, 6.07) is 4.92. The van der Waals surface area contributed by atoms with Crippen molar-refractivity contribution in [1.82, 2.24) is 9.78 Å². The van der Waals surface area contributed by atoms with Crippen LogP contribution in [0.25, 0.3) is 0 Å². The van der Waals surface area contributed by atoms with Crippen LogP contribution >= 0.6 is 22.6 Å². The number of nitrogens with one attached hydrogen (secondary N) is 1. The van der Waals surface area contributed by atoms with Gasteiger partial charge in [0, 0.05) is 25.0 Å². The van der Waals surface area contributed by atoms with Crippen LogP contribution in [0.2, 0.25) is 0 Å². The monoisotopic (exact) mass is 358 g/mol. The summed E-state index contributed by atoms with van der Waals surface area (Å²) in [5.74, 6) is 0. The zero-order valence-electron chi connectivity index (χ0n) is 9.85. The third-order valence-corrected chi connectivity index (χ3v) is 3.30. The van der Waals surface area contributed by atoms with Gasteiger partial charge >= 0.3 is 0 Å². The molecule has 1 aromatic heterocycles. The largest absolute Gasteiger partial charge is 0.353 e. The van der Waals surface area contributed by atoms with Crippen LogP contribution in [-0.2, 0) is 7.05 Å². The molecular formula is C11H11IN4O2. The Morgan fingerprint density at radius 2 is 2.22 bits per heavy atom. The number of anilines is 2. The van der Waals surface area contributed by atoms with E-state index < -0.39 is 0 Å². The minimum Gasteiger partial charge on any atom is -0.353 e. The van der Waals surface area contributed by atoms with Gasteiger partial charge in [0.1, 0.15) is 0 Å². The molecule has 0 unspecified atom stereocenters. The number of nitro groups is 1. The molecule has 94 valence electrons. The van der Waals surface area contributed by atoms with E-state index in [0.29, 0.717) is 3.57 Å². The normalized spacial score (nSPS) is 10.4. The van der Waals surface area contributed by atoms with Crippen molar-refractivity contribution in [1.29, 1.82) is 0 Å². The van der Waals surface area contributed by atoms with Gasteiger partial charge in [0.05, 0.1) is 19.9 Å². The van der Waals surface area contributed by atoms with E-state index in [1.807, 2.05) is 42.8 Å². The van der Waals surface area contributed by atoms with E-state index in [0.717, 1.165) is 17.1 Å². The summed E-state index contributed by atoms with van der Waals surface area (Å²) >= 11 is 1.96. The quantitative estimate of drug-likeness (QED) is 0.520. The maximum atomic E-state index is 10.7. The van der Waals surface area contributed by atoms with Crippen LogP contribution in [0.15, 0.2) is 24.4 Å². The van der Waals surface area contributed by atoms with Crippen molar-refractivity contribution in [2.45, 2.75) is 6.92 Å². The van der Waals surface area contributed by atoms with Gasteiger partial charge in [0.15, 0.2) is 0 Å². The first-order chi connectivity index (χ1) is 8.47. The molecule has 7 heteroatoms. The highest BCUT2D eigenvalue weighted by Gasteiger charge is 2.12. The van der Waals surface area contributed by atoms with Crippen molar-refractivity contribution < 1.29 is 4.92 Å². The van der Waals surface area contributed by atoms with Crippen LogP contribution < -0.4 is 5.32 Å². The molecule has 6 nitrogen and oxygen atoms in total. The van der Waals surface area contributed by atoms with Crippen LogP contribution in [0.1, 0.15) is 5.69 Å². The second-order valence-electron chi connectivity index (χ2n) is 3.85. The van der Waals surface area contributed by atoms with Crippen molar-refractivity contribution in [3.8, 4) is 0 Å². The van der Waals surface area contributed by atoms with Crippen LogP contribution in [0.4, 0.5) is 17.1 Å². The fourth-order valence-electron chi connectivity index (χ4n) is 1.61. The molecule has 0 amide bonds. The third kappa shape index (κ3) is 2.61. The first-order valence-corrected chi connectivity index (χ1v) is 6.26. The summed E-state index contributed by atoms with van der Waals surface area (Å²) in [6.45, 7) is 1.90. The number of halogens is 1. The molecule has 0 aliphatic rings. The number of nitrogens with zero attached hydrogens (tertiary/aromatic N) is 3. The second-order valence-corrected chi connectivity index (χ2v) is 5.01. The number of nitro benzene ring substituents is 1. The summed E-state index contributed by atoms with van der Waals surface area (Å²) in [7, 11) is 1.85. The standard InChI is InChI=1S/C11H11IN4O2/c1-7-10(6-15(2)14-7)13-8-3-4-11(16(17)18)9(12)5-8/h3-6,13H,1-2H3. The van der Waals surface area contributed by atoms with Gasteiger partial charge in [-0.1, -0.05) is 0 Å². The van der Waals surface area contributed by atoms with Crippen LogP contribution in [0.3, 0.4) is 0 Å². The lowest BCUT2D eigenvalue weighted by Gasteiger charge is -2.05. The number of hydrogen-bond acceptors (Lipinski definition) is 4. The van der Waals surface area contributed by atoms with Crippen LogP contribution in [0.5, 0.6) is 0 Å². The van der Waals surface area contributed by atoms with E-state index >= 15 is 0 Å². The molecule has 0 aliphatic heterocycles. The lowest BCUT2D eigenvalue weighted by atomic mass is 10.2. The average Bonchev–Trinajstić information content (AvgIpc) is 2.57. The van der Waals surface area contributed by atoms with E-state index in [1.165, 1.54) is 6.07 Å². The number of rotatable bonds is 3. The molecule has 0 saturated heterocycles. The topological polar surface area (TPSA) is 73.0 Å². The predicted molar refractivity (Wildman–Crippen MR) is 77.0 cm³/mol. The molecule has 18 heavy (non-hydrogen) atoms. The van der Waals surface area contributed by atoms with E-state index in [2.05, 4.69) is 10.4 Å². The number of aryl methyl sites for hydroxylation is 2. The fourth-order valence-corrected chi connectivity index (χ4v) is 2.32. The SMILES string of the molecule is Cc1nn(C)cc1Nc1ccc([N+](=O)[O-])c(I)c1. The van der Waals surface area contributed by atoms with Gasteiger partial charge < -0.3 is 5.32 Å². The van der Waals surface area contributed by atoms with Crippen molar-refractivity contribution in [3.63, 3.8) is 0 Å². The molecule has 0 fully saturated rings. The summed E-state index contributed by atoms with van der Waals surface area (Å²) in [6.07, 6.45) is 1.86. The number of hydrogen-bond donors (Lipinski definition) is 1. The Kier molecular flexibility index (Phi) is 3.50. The molecule has 0 atom stereocenters. The van der Waals surface area contributed by atoms with Gasteiger partial charge in [-0.3, -0.25) is 14.8 Å². The smallest absolute Gasteiger partial charge is 0.282 e. The highest BCUT2D eigenvalue weighted by Crippen LogP contribution is 2.26. The van der Waals surface area contributed by atoms with Gasteiger partial charge in [0.2, 0.25) is 0 Å². The molecule has 0 radical (unpaired) electrons. The zero-order chi connectivity index (χ0) is 13.3. The summed E-state index contributed by atoms with van der Waals surface area (Å²) in [4.78, 5) is 10.3. The van der Waals surface area contributed by atoms with Gasteiger partial charge in [-0.05, 0) is 41.6 Å². The van der Waals surface area contributed by atoms with Gasteiger partial charge in [0.25, 0.3) is 5.69 Å². The van der Waals surface area contributed by atoms with Crippen LogP contribution in [0, 0.1) is 20.6 Å². The summed E-state index contributed by atoms with van der Waals surface area (Å²) < 4.78 is 2.32. The molecule has 0 spiro atoms. The maximum Gasteiger partial charge on any atom is 0.282 e. The Morgan fingerprint density at radius 3 is 2.72 bits per heavy atom. The predicted octanol–water partition coefficient (Wildman–Crippen LogP) is 2.98. The Bertz CT molecular complexity index is 609. The molecule has 0 bridgehead atoms. The summed E-state index contributed by atoms with van der Waals surface area (Å²) in [5, 5.41) is 18.1. The average molecular weight is 358 g/mol. The Hall–Kier alpha value is -1.64. The maximum absolute atomic E-state index is 10.7. The summed E-state index contributed by atoms with van der Waals surface area (Å²) in [5.41, 5.74) is 2.69. The number of aromatic nitrogens is 2. The highest BCUT2D eigenvalue weighted by atomic mass is 127. The van der Waals surface area contributed by atoms with E-state index in [1.54, 1.807) is 16.8 Å². The minimum atomic E-state index is -0.388. The van der Waals surface area contributed by atoms with E-state index in [4.69, 9.17) is 0 Å². The van der Waals surface area contributed by atoms with Crippen molar-refractivity contribution >= 4 is 39.7 Å². The molecule has 2 rings (SSSR count). The molecule has 1 heterocycles. The Morgan fingerprint density at radius 1 is 1.50 bits per heavy atom. The molecule has 1 N–H and O–H groups in total. The van der Waals surface area contributed by atoms with E-state index in [9.17, 15) is 10.1 Å². The zero-order valence-corrected chi connectivity index (χ0v) is 12.0. The molecule has 0 saturated carbocycles. The van der Waals surface area contributed by atoms with E-state index in [-0.39, 0.29) is 10.6 Å². The van der Waals surface area contributed by atoms with Crippen LogP contribution in [-0.4, -0.2) is 14.7 Å². The number of benzene rings is 1. The lowest BCUT2D eigenvalue weighted by Crippen LogP contribution is -1.95. The van der Waals surface area contributed by atoms with Gasteiger partial charge in [-0.25, -0.2) is 0 Å². The first-order valence-electron chi connectivity index (χ1n) is 5.18. The Balaban J connectivity index is 2.28. The first kappa shape index (κ1) is 12.8. The fraction of sp³-hybridized carbons (Fsp3) is 0.182. The molecule has 1 aromatic carbocycles. The minimum absolute atomic E-state index is 0.115. The Labute approximate surface area is 117 Å². The van der Waals surface area contributed by atoms with Crippen molar-refractivity contribution in [2.24, 2.45) is 7.05 Å². The van der Waals surface area contributed by atoms with Gasteiger partial charge in [-0.2, -0.15) is 5.10 Å². The molecule has 2 aromatic rings. The van der Waals surface area contributed by atoms with Gasteiger partial charge in [-0.15, -0.1) is 0 Å². The lowest BCUT2D eigenvalue weighted by molar-refractivity contribution is -0.385. The second kappa shape index (κ2) is 4.92.